The number of aryl methyl sites for hydroxylation is 1. The number of hydrogen-bond acceptors (Lipinski definition) is 2. The molecule has 3 nitrogen and oxygen atoms in total. The first-order valence-electron chi connectivity index (χ1n) is 7.96. The Balaban J connectivity index is 1.66. The van der Waals surface area contributed by atoms with Gasteiger partial charge in [0.05, 0.1) is 0 Å². The Hall–Kier alpha value is -2.14. The van der Waals surface area contributed by atoms with Crippen LogP contribution in [0.2, 0.25) is 0 Å². The molecule has 0 spiro atoms. The molecule has 3 aromatic rings. The predicted octanol–water partition coefficient (Wildman–Crippen LogP) is 4.13. The molecule has 0 radical (unpaired) electrons. The van der Waals surface area contributed by atoms with Gasteiger partial charge in [0, 0.05) is 46.6 Å². The normalized spacial score (nSPS) is 12.4. The van der Waals surface area contributed by atoms with Gasteiger partial charge < -0.3 is 9.30 Å². The van der Waals surface area contributed by atoms with Gasteiger partial charge in [-0.2, -0.15) is 0 Å². The van der Waals surface area contributed by atoms with Gasteiger partial charge in [0.15, 0.2) is 0 Å². The summed E-state index contributed by atoms with van der Waals surface area (Å²) < 4.78 is 32.3. The molecule has 0 bridgehead atoms. The van der Waals surface area contributed by atoms with Crippen LogP contribution >= 0.6 is 0 Å². The van der Waals surface area contributed by atoms with Crippen LogP contribution in [-0.4, -0.2) is 20.3 Å². The first-order chi connectivity index (χ1) is 11.6. The van der Waals surface area contributed by atoms with Crippen molar-refractivity contribution in [2.24, 2.45) is 0 Å². The molecule has 1 heterocycles. The molecule has 3 rings (SSSR count). The highest BCUT2D eigenvalue weighted by atomic mass is 32.2. The molecule has 5 heteroatoms. The molecule has 0 saturated heterocycles. The van der Waals surface area contributed by atoms with E-state index < -0.39 is 10.8 Å². The van der Waals surface area contributed by atoms with Crippen molar-refractivity contribution in [3.05, 3.63) is 66.2 Å². The number of rotatable bonds is 7. The molecule has 0 N–H and O–H groups in total. The number of aromatic nitrogens is 1. The zero-order chi connectivity index (χ0) is 16.9. The second-order valence-electron chi connectivity index (χ2n) is 5.63. The topological polar surface area (TPSA) is 31.2 Å². The fourth-order valence-corrected chi connectivity index (χ4v) is 3.20. The Morgan fingerprint density at radius 2 is 1.83 bits per heavy atom. The standard InChI is InChI=1S/C19H20FNO2S/c1-2-24(22)10-9-21-12-16-5-8-19(11-17(16)13-21)23-14-15-3-6-18(20)7-4-15/h3-8,11-13H,2,9-10,14H2,1H3. The van der Waals surface area contributed by atoms with Crippen molar-refractivity contribution in [2.75, 3.05) is 11.5 Å². The van der Waals surface area contributed by atoms with Crippen molar-refractivity contribution in [2.45, 2.75) is 20.1 Å². The Morgan fingerprint density at radius 1 is 1.08 bits per heavy atom. The van der Waals surface area contributed by atoms with E-state index in [0.717, 1.165) is 28.6 Å². The number of benzene rings is 2. The third-order valence-electron chi connectivity index (χ3n) is 3.89. The van der Waals surface area contributed by atoms with Crippen LogP contribution < -0.4 is 4.74 Å². The number of halogens is 1. The minimum atomic E-state index is -0.752. The number of nitrogens with zero attached hydrogens (tertiary/aromatic N) is 1. The van der Waals surface area contributed by atoms with Crippen molar-refractivity contribution in [3.8, 4) is 5.75 Å². The van der Waals surface area contributed by atoms with Gasteiger partial charge in [-0.15, -0.1) is 0 Å². The highest BCUT2D eigenvalue weighted by Gasteiger charge is 2.03. The van der Waals surface area contributed by atoms with Gasteiger partial charge in [-0.3, -0.25) is 4.21 Å². The molecule has 24 heavy (non-hydrogen) atoms. The summed E-state index contributed by atoms with van der Waals surface area (Å²) >= 11 is 0. The van der Waals surface area contributed by atoms with Crippen molar-refractivity contribution >= 4 is 21.6 Å². The highest BCUT2D eigenvalue weighted by molar-refractivity contribution is 7.84. The molecule has 126 valence electrons. The van der Waals surface area contributed by atoms with Crippen LogP contribution in [0.15, 0.2) is 54.9 Å². The molecule has 0 saturated carbocycles. The third kappa shape index (κ3) is 4.23. The van der Waals surface area contributed by atoms with Crippen molar-refractivity contribution in [1.82, 2.24) is 4.57 Å². The summed E-state index contributed by atoms with van der Waals surface area (Å²) in [7, 11) is -0.752. The Morgan fingerprint density at radius 3 is 2.58 bits per heavy atom. The molecule has 1 atom stereocenters. The van der Waals surface area contributed by atoms with Crippen LogP contribution in [0.4, 0.5) is 4.39 Å². The summed E-state index contributed by atoms with van der Waals surface area (Å²) in [6.07, 6.45) is 4.11. The molecule has 1 aromatic heterocycles. The SMILES string of the molecule is CCS(=O)CCn1cc2ccc(OCc3ccc(F)cc3)cc2c1. The van der Waals surface area contributed by atoms with Gasteiger partial charge in [0.1, 0.15) is 18.2 Å². The zero-order valence-corrected chi connectivity index (χ0v) is 14.4. The summed E-state index contributed by atoms with van der Waals surface area (Å²) in [6.45, 7) is 3.09. The fourth-order valence-electron chi connectivity index (χ4n) is 2.49. The summed E-state index contributed by atoms with van der Waals surface area (Å²) in [6, 6.07) is 12.2. The first-order valence-corrected chi connectivity index (χ1v) is 9.44. The number of hydrogen-bond donors (Lipinski definition) is 0. The molecule has 0 amide bonds. The first kappa shape index (κ1) is 16.7. The molecule has 0 aliphatic heterocycles. The predicted molar refractivity (Wildman–Crippen MR) is 96.2 cm³/mol. The van der Waals surface area contributed by atoms with Crippen LogP contribution in [0, 0.1) is 5.82 Å². The van der Waals surface area contributed by atoms with Crippen molar-refractivity contribution in [3.63, 3.8) is 0 Å². The third-order valence-corrected chi connectivity index (χ3v) is 5.17. The lowest BCUT2D eigenvalue weighted by Gasteiger charge is -2.06. The van der Waals surface area contributed by atoms with Gasteiger partial charge in [-0.05, 0) is 41.3 Å². The number of fused-ring (bicyclic) bond motifs is 1. The fraction of sp³-hybridized carbons (Fsp3) is 0.263. The average molecular weight is 345 g/mol. The van der Waals surface area contributed by atoms with E-state index in [2.05, 4.69) is 10.8 Å². The smallest absolute Gasteiger partial charge is 0.123 e. The van der Waals surface area contributed by atoms with E-state index in [1.807, 2.05) is 31.3 Å². The van der Waals surface area contributed by atoms with E-state index in [9.17, 15) is 8.60 Å². The molecule has 1 unspecified atom stereocenters. The van der Waals surface area contributed by atoms with Crippen LogP contribution in [0.1, 0.15) is 12.5 Å². The van der Waals surface area contributed by atoms with E-state index in [1.54, 1.807) is 12.1 Å². The van der Waals surface area contributed by atoms with E-state index in [0.29, 0.717) is 18.1 Å². The van der Waals surface area contributed by atoms with Gasteiger partial charge in [-0.1, -0.05) is 19.1 Å². The molecule has 0 aliphatic rings. The van der Waals surface area contributed by atoms with E-state index in [1.165, 1.54) is 12.1 Å². The van der Waals surface area contributed by atoms with Gasteiger partial charge in [-0.25, -0.2) is 4.39 Å². The van der Waals surface area contributed by atoms with Gasteiger partial charge in [0.2, 0.25) is 0 Å². The van der Waals surface area contributed by atoms with Crippen molar-refractivity contribution < 1.29 is 13.3 Å². The molecular formula is C19H20FNO2S. The molecule has 2 aromatic carbocycles. The molecule has 0 aliphatic carbocycles. The highest BCUT2D eigenvalue weighted by Crippen LogP contribution is 2.22. The largest absolute Gasteiger partial charge is 0.489 e. The molecule has 0 fully saturated rings. The van der Waals surface area contributed by atoms with Crippen molar-refractivity contribution in [1.29, 1.82) is 0 Å². The van der Waals surface area contributed by atoms with E-state index >= 15 is 0 Å². The van der Waals surface area contributed by atoms with Gasteiger partial charge in [0.25, 0.3) is 0 Å². The minimum Gasteiger partial charge on any atom is -0.489 e. The van der Waals surface area contributed by atoms with Gasteiger partial charge >= 0.3 is 0 Å². The quantitative estimate of drug-likeness (QED) is 0.645. The summed E-state index contributed by atoms with van der Waals surface area (Å²) in [5.41, 5.74) is 0.927. The summed E-state index contributed by atoms with van der Waals surface area (Å²) in [5, 5.41) is 2.22. The summed E-state index contributed by atoms with van der Waals surface area (Å²) in [4.78, 5) is 0. The number of ether oxygens (including phenoxy) is 1. The Labute approximate surface area is 143 Å². The second kappa shape index (κ2) is 7.62. The maximum atomic E-state index is 12.9. The maximum absolute atomic E-state index is 12.9. The lowest BCUT2D eigenvalue weighted by atomic mass is 10.2. The van der Waals surface area contributed by atoms with E-state index in [4.69, 9.17) is 4.74 Å². The van der Waals surface area contributed by atoms with Crippen LogP contribution in [0.3, 0.4) is 0 Å². The van der Waals surface area contributed by atoms with Crippen LogP contribution in [0.5, 0.6) is 5.75 Å². The Bertz CT molecular complexity index is 842. The minimum absolute atomic E-state index is 0.245. The maximum Gasteiger partial charge on any atom is 0.123 e. The van der Waals surface area contributed by atoms with Crippen LogP contribution in [0.25, 0.3) is 10.8 Å². The Kier molecular flexibility index (Phi) is 5.30. The lowest BCUT2D eigenvalue weighted by Crippen LogP contribution is -2.07. The lowest BCUT2D eigenvalue weighted by molar-refractivity contribution is 0.306. The second-order valence-corrected chi connectivity index (χ2v) is 7.50. The van der Waals surface area contributed by atoms with E-state index in [-0.39, 0.29) is 5.82 Å². The molecular weight excluding hydrogens is 325 g/mol. The zero-order valence-electron chi connectivity index (χ0n) is 13.6. The summed E-state index contributed by atoms with van der Waals surface area (Å²) in [5.74, 6) is 1.90. The average Bonchev–Trinajstić information content (AvgIpc) is 3.01. The monoisotopic (exact) mass is 345 g/mol. The van der Waals surface area contributed by atoms with Crippen LogP contribution in [-0.2, 0) is 24.0 Å².